The van der Waals surface area contributed by atoms with Crippen LogP contribution >= 0.6 is 24.0 Å². The van der Waals surface area contributed by atoms with Crippen LogP contribution in [0.5, 0.6) is 11.5 Å². The molecule has 1 atom stereocenters. The van der Waals surface area contributed by atoms with E-state index in [1.807, 2.05) is 48.3 Å². The number of aromatic nitrogens is 2. The van der Waals surface area contributed by atoms with Gasteiger partial charge in [0.25, 0.3) is 0 Å². The van der Waals surface area contributed by atoms with E-state index in [9.17, 15) is 0 Å². The van der Waals surface area contributed by atoms with Crippen LogP contribution in [-0.4, -0.2) is 47.4 Å². The molecule has 1 N–H and O–H groups in total. The molecule has 0 spiro atoms. The quantitative estimate of drug-likeness (QED) is 0.242. The van der Waals surface area contributed by atoms with E-state index in [0.717, 1.165) is 54.6 Å². The van der Waals surface area contributed by atoms with E-state index in [-0.39, 0.29) is 24.0 Å². The Morgan fingerprint density at radius 2 is 1.97 bits per heavy atom. The largest absolute Gasteiger partial charge is 0.493 e. The first-order valence-electron chi connectivity index (χ1n) is 11.5. The van der Waals surface area contributed by atoms with Gasteiger partial charge in [-0.05, 0) is 42.2 Å². The van der Waals surface area contributed by atoms with Gasteiger partial charge >= 0.3 is 0 Å². The van der Waals surface area contributed by atoms with E-state index in [4.69, 9.17) is 14.5 Å². The van der Waals surface area contributed by atoms with E-state index in [1.165, 1.54) is 5.56 Å². The maximum Gasteiger partial charge on any atom is 0.194 e. The molecule has 7 nitrogen and oxygen atoms in total. The molecule has 4 rings (SSSR count). The molecule has 0 radical (unpaired) electrons. The lowest BCUT2D eigenvalue weighted by Gasteiger charge is -2.21. The summed E-state index contributed by atoms with van der Waals surface area (Å²) in [5.74, 6) is 2.90. The Kier molecular flexibility index (Phi) is 9.62. The number of ether oxygens (including phenoxy) is 2. The van der Waals surface area contributed by atoms with Crippen LogP contribution < -0.4 is 14.8 Å². The fourth-order valence-electron chi connectivity index (χ4n) is 4.13. The first-order chi connectivity index (χ1) is 16.2. The predicted molar refractivity (Wildman–Crippen MR) is 146 cm³/mol. The highest BCUT2D eigenvalue weighted by Crippen LogP contribution is 2.30. The summed E-state index contributed by atoms with van der Waals surface area (Å²) >= 11 is 0. The van der Waals surface area contributed by atoms with Crippen LogP contribution in [0.15, 0.2) is 65.9 Å². The van der Waals surface area contributed by atoms with Crippen LogP contribution in [0.3, 0.4) is 0 Å². The van der Waals surface area contributed by atoms with Crippen molar-refractivity contribution in [2.45, 2.75) is 32.4 Å². The van der Waals surface area contributed by atoms with Gasteiger partial charge in [0.05, 0.1) is 19.9 Å². The molecule has 1 aromatic heterocycles. The third-order valence-electron chi connectivity index (χ3n) is 5.90. The number of aryl methyl sites for hydroxylation is 1. The van der Waals surface area contributed by atoms with Gasteiger partial charge in [0.2, 0.25) is 0 Å². The van der Waals surface area contributed by atoms with Crippen molar-refractivity contribution in [3.8, 4) is 11.5 Å². The molecule has 1 aliphatic rings. The van der Waals surface area contributed by atoms with Crippen molar-refractivity contribution in [3.63, 3.8) is 0 Å². The maximum absolute atomic E-state index is 5.98. The molecule has 182 valence electrons. The third-order valence-corrected chi connectivity index (χ3v) is 5.90. The van der Waals surface area contributed by atoms with Crippen molar-refractivity contribution in [1.29, 1.82) is 0 Å². The molecule has 2 heterocycles. The van der Waals surface area contributed by atoms with E-state index in [2.05, 4.69) is 46.6 Å². The Morgan fingerprint density at radius 3 is 2.68 bits per heavy atom. The van der Waals surface area contributed by atoms with Crippen LogP contribution in [0, 0.1) is 0 Å². The lowest BCUT2D eigenvalue weighted by atomic mass is 10.0. The standard InChI is InChI=1S/C26H33N5O2.HI/c1-4-27-26(31-13-12-22(18-31)23-16-29-30(2)17-23)28-15-21-10-11-24(25(14-21)32-3)33-19-20-8-6-5-7-9-20;/h5-11,14,16-17,22H,4,12-13,15,18-19H2,1-3H3,(H,27,28);1H. The third kappa shape index (κ3) is 6.65. The van der Waals surface area contributed by atoms with Gasteiger partial charge in [0.1, 0.15) is 6.61 Å². The molecule has 1 fully saturated rings. The minimum Gasteiger partial charge on any atom is -0.493 e. The molecule has 34 heavy (non-hydrogen) atoms. The van der Waals surface area contributed by atoms with Crippen molar-refractivity contribution in [2.75, 3.05) is 26.7 Å². The Labute approximate surface area is 219 Å². The molecule has 0 saturated carbocycles. The number of nitrogens with zero attached hydrogens (tertiary/aromatic N) is 4. The average molecular weight is 575 g/mol. The Hall–Kier alpha value is -2.75. The second kappa shape index (κ2) is 12.6. The second-order valence-electron chi connectivity index (χ2n) is 8.31. The molecular formula is C26H34IN5O2. The Morgan fingerprint density at radius 1 is 1.15 bits per heavy atom. The highest BCUT2D eigenvalue weighted by atomic mass is 127. The first kappa shape index (κ1) is 25.9. The number of guanidine groups is 1. The summed E-state index contributed by atoms with van der Waals surface area (Å²) in [5.41, 5.74) is 3.50. The number of aliphatic imine (C=N–C) groups is 1. The SMILES string of the molecule is CCNC(=NCc1ccc(OCc2ccccc2)c(OC)c1)N1CCC(c2cnn(C)c2)C1.I. The van der Waals surface area contributed by atoms with E-state index in [0.29, 0.717) is 19.1 Å². The van der Waals surface area contributed by atoms with Crippen LogP contribution in [-0.2, 0) is 20.2 Å². The number of rotatable bonds is 8. The molecule has 1 aliphatic heterocycles. The maximum atomic E-state index is 5.98. The molecule has 1 unspecified atom stereocenters. The lowest BCUT2D eigenvalue weighted by molar-refractivity contribution is 0.284. The summed E-state index contributed by atoms with van der Waals surface area (Å²) in [6.07, 6.45) is 5.20. The fourth-order valence-corrected chi connectivity index (χ4v) is 4.13. The van der Waals surface area contributed by atoms with Crippen LogP contribution in [0.1, 0.15) is 36.0 Å². The lowest BCUT2D eigenvalue weighted by Crippen LogP contribution is -2.40. The molecule has 3 aromatic rings. The van der Waals surface area contributed by atoms with Crippen molar-refractivity contribution >= 4 is 29.9 Å². The van der Waals surface area contributed by atoms with Crippen molar-refractivity contribution in [3.05, 3.63) is 77.6 Å². The fraction of sp³-hybridized carbons (Fsp3) is 0.385. The van der Waals surface area contributed by atoms with Gasteiger partial charge in [-0.1, -0.05) is 36.4 Å². The number of methoxy groups -OCH3 is 1. The van der Waals surface area contributed by atoms with E-state index >= 15 is 0 Å². The zero-order valence-electron chi connectivity index (χ0n) is 20.1. The Balaban J connectivity index is 0.00000324. The summed E-state index contributed by atoms with van der Waals surface area (Å²) < 4.78 is 13.4. The molecule has 8 heteroatoms. The predicted octanol–water partition coefficient (Wildman–Crippen LogP) is 4.58. The van der Waals surface area contributed by atoms with Gasteiger partial charge in [-0.25, -0.2) is 4.99 Å². The van der Waals surface area contributed by atoms with Crippen LogP contribution in [0.4, 0.5) is 0 Å². The molecule has 1 saturated heterocycles. The monoisotopic (exact) mass is 575 g/mol. The summed E-state index contributed by atoms with van der Waals surface area (Å²) in [6.45, 7) is 5.96. The van der Waals surface area contributed by atoms with Gasteiger partial charge in [-0.3, -0.25) is 4.68 Å². The highest BCUT2D eigenvalue weighted by molar-refractivity contribution is 14.0. The smallest absolute Gasteiger partial charge is 0.194 e. The first-order valence-corrected chi connectivity index (χ1v) is 11.5. The van der Waals surface area contributed by atoms with Crippen LogP contribution in [0.2, 0.25) is 0 Å². The summed E-state index contributed by atoms with van der Waals surface area (Å²) in [4.78, 5) is 7.25. The van der Waals surface area contributed by atoms with Gasteiger partial charge in [0, 0.05) is 38.8 Å². The van der Waals surface area contributed by atoms with Crippen molar-refractivity contribution in [1.82, 2.24) is 20.0 Å². The van der Waals surface area contributed by atoms with Gasteiger partial charge in [-0.2, -0.15) is 5.10 Å². The van der Waals surface area contributed by atoms with E-state index < -0.39 is 0 Å². The van der Waals surface area contributed by atoms with Gasteiger partial charge in [-0.15, -0.1) is 24.0 Å². The Bertz CT molecular complexity index is 1070. The van der Waals surface area contributed by atoms with Crippen molar-refractivity contribution in [2.24, 2.45) is 12.0 Å². The number of halogens is 1. The molecule has 0 amide bonds. The normalized spacial score (nSPS) is 15.7. The minimum atomic E-state index is 0. The van der Waals surface area contributed by atoms with E-state index in [1.54, 1.807) is 7.11 Å². The highest BCUT2D eigenvalue weighted by Gasteiger charge is 2.26. The zero-order chi connectivity index (χ0) is 23.0. The molecule has 2 aromatic carbocycles. The minimum absolute atomic E-state index is 0. The van der Waals surface area contributed by atoms with Gasteiger partial charge < -0.3 is 19.7 Å². The number of hydrogen-bond acceptors (Lipinski definition) is 4. The van der Waals surface area contributed by atoms with Crippen LogP contribution in [0.25, 0.3) is 0 Å². The topological polar surface area (TPSA) is 63.9 Å². The number of likely N-dealkylation sites (tertiary alicyclic amines) is 1. The average Bonchev–Trinajstić information content (AvgIpc) is 3.50. The second-order valence-corrected chi connectivity index (χ2v) is 8.31. The molecule has 0 bridgehead atoms. The summed E-state index contributed by atoms with van der Waals surface area (Å²) in [6, 6.07) is 16.2. The number of hydrogen-bond donors (Lipinski definition) is 1. The van der Waals surface area contributed by atoms with Gasteiger partial charge in [0.15, 0.2) is 17.5 Å². The molecule has 0 aliphatic carbocycles. The molecular weight excluding hydrogens is 541 g/mol. The zero-order valence-corrected chi connectivity index (χ0v) is 22.4. The number of nitrogens with one attached hydrogen (secondary N) is 1. The summed E-state index contributed by atoms with van der Waals surface area (Å²) in [7, 11) is 3.64. The van der Waals surface area contributed by atoms with Crippen molar-refractivity contribution < 1.29 is 9.47 Å². The summed E-state index contributed by atoms with van der Waals surface area (Å²) in [5, 5.41) is 7.78. The number of benzene rings is 2.